The van der Waals surface area contributed by atoms with Crippen molar-refractivity contribution in [2.45, 2.75) is 63.3 Å². The van der Waals surface area contributed by atoms with E-state index in [9.17, 15) is 37.6 Å². The molecule has 242 valence electrons. The van der Waals surface area contributed by atoms with Crippen molar-refractivity contribution in [2.75, 3.05) is 6.54 Å². The number of phenolic OH excluding ortho intramolecular Hbond substituents is 1. The molecular formula is C28H40N6O9S. The molecule has 16 heteroatoms. The summed E-state index contributed by atoms with van der Waals surface area (Å²) in [5, 5.41) is 27.3. The van der Waals surface area contributed by atoms with Gasteiger partial charge in [-0.05, 0) is 48.4 Å². The predicted octanol–water partition coefficient (Wildman–Crippen LogP) is 0.115. The number of guanidine groups is 1. The molecule has 0 fully saturated rings. The molecule has 0 radical (unpaired) electrons. The first kappa shape index (κ1) is 35.8. The summed E-state index contributed by atoms with van der Waals surface area (Å²) in [5.74, 6) is -2.34. The Bertz CT molecular complexity index is 1370. The zero-order chi connectivity index (χ0) is 32.9. The van der Waals surface area contributed by atoms with E-state index in [0.29, 0.717) is 5.56 Å². The van der Waals surface area contributed by atoms with E-state index in [1.807, 2.05) is 0 Å². The third-order valence-electron chi connectivity index (χ3n) is 6.38. The van der Waals surface area contributed by atoms with Gasteiger partial charge in [-0.2, -0.15) is 8.42 Å². The van der Waals surface area contributed by atoms with Crippen LogP contribution in [0.15, 0.2) is 59.6 Å². The van der Waals surface area contributed by atoms with Gasteiger partial charge in [0, 0.05) is 6.54 Å². The van der Waals surface area contributed by atoms with Crippen LogP contribution in [0.1, 0.15) is 37.8 Å². The van der Waals surface area contributed by atoms with Gasteiger partial charge in [-0.3, -0.25) is 19.1 Å². The van der Waals surface area contributed by atoms with Crippen LogP contribution in [0.4, 0.5) is 4.79 Å². The maximum absolute atomic E-state index is 13.3. The standard InChI is InChI=1S/C28H40N6O9S/c1-17(2)23(25(37)32-22(26(38)44(40,41)42)15-18-10-12-20(35)13-11-18)34-24(36)21(9-6-14-31-27(29)30)33-28(39)43-16-19-7-4-3-5-8-19/h3-5,7-8,10-13,17,21-23,26,35,38H,6,9,14-16H2,1-2H3,(H,32,37)(H,33,39)(H,34,36)(H4,29,30,31)(H,40,41,42)/t21-,22?,23-,26?/m0/s1. The lowest BCUT2D eigenvalue weighted by molar-refractivity contribution is -0.131. The fourth-order valence-electron chi connectivity index (χ4n) is 4.06. The number of carbonyl (C=O) groups excluding carboxylic acids is 3. The lowest BCUT2D eigenvalue weighted by Crippen LogP contribution is -2.58. The summed E-state index contributed by atoms with van der Waals surface area (Å²) in [7, 11) is -5.00. The zero-order valence-corrected chi connectivity index (χ0v) is 25.2. The first-order chi connectivity index (χ1) is 20.7. The van der Waals surface area contributed by atoms with Gasteiger partial charge in [-0.25, -0.2) is 4.79 Å². The van der Waals surface area contributed by atoms with Gasteiger partial charge in [-0.1, -0.05) is 56.3 Å². The topological polar surface area (TPSA) is 256 Å². The van der Waals surface area contributed by atoms with Crippen molar-refractivity contribution in [1.82, 2.24) is 16.0 Å². The summed E-state index contributed by atoms with van der Waals surface area (Å²) in [6.07, 6.45) is -0.774. The average Bonchev–Trinajstić information content (AvgIpc) is 2.96. The minimum atomic E-state index is -5.00. The molecular weight excluding hydrogens is 596 g/mol. The molecule has 0 saturated heterocycles. The maximum atomic E-state index is 13.3. The van der Waals surface area contributed by atoms with Crippen LogP contribution in [0.3, 0.4) is 0 Å². The highest BCUT2D eigenvalue weighted by Gasteiger charge is 2.35. The van der Waals surface area contributed by atoms with Gasteiger partial charge in [0.05, 0.1) is 6.04 Å². The van der Waals surface area contributed by atoms with Crippen molar-refractivity contribution in [1.29, 1.82) is 0 Å². The molecule has 0 heterocycles. The molecule has 0 spiro atoms. The number of aliphatic hydroxyl groups is 1. The van der Waals surface area contributed by atoms with Gasteiger partial charge in [0.25, 0.3) is 10.1 Å². The largest absolute Gasteiger partial charge is 0.508 e. The number of aliphatic hydroxyl groups excluding tert-OH is 1. The lowest BCUT2D eigenvalue weighted by atomic mass is 10.0. The molecule has 2 unspecified atom stereocenters. The number of aliphatic imine (C=N–C) groups is 1. The second kappa shape index (κ2) is 17.0. The number of phenols is 1. The number of carbonyl (C=O) groups is 3. The molecule has 2 aromatic rings. The summed E-state index contributed by atoms with van der Waals surface area (Å²) in [5.41, 5.74) is 9.46. The van der Waals surface area contributed by atoms with Crippen LogP contribution in [-0.4, -0.2) is 77.2 Å². The molecule has 0 bridgehead atoms. The summed E-state index contributed by atoms with van der Waals surface area (Å²) in [6, 6.07) is 10.5. The van der Waals surface area contributed by atoms with E-state index in [2.05, 4.69) is 20.9 Å². The number of rotatable bonds is 16. The molecule has 2 rings (SSSR count). The highest BCUT2D eigenvalue weighted by molar-refractivity contribution is 7.86. The van der Waals surface area contributed by atoms with E-state index in [4.69, 9.17) is 16.2 Å². The molecule has 15 nitrogen and oxygen atoms in total. The van der Waals surface area contributed by atoms with Crippen molar-refractivity contribution >= 4 is 34.0 Å². The van der Waals surface area contributed by atoms with Crippen molar-refractivity contribution in [3.05, 3.63) is 65.7 Å². The summed E-state index contributed by atoms with van der Waals surface area (Å²) in [4.78, 5) is 43.1. The third-order valence-corrected chi connectivity index (χ3v) is 7.32. The molecule has 0 aromatic heterocycles. The lowest BCUT2D eigenvalue weighted by Gasteiger charge is -2.28. The van der Waals surface area contributed by atoms with Crippen molar-refractivity contribution in [3.8, 4) is 5.75 Å². The van der Waals surface area contributed by atoms with Crippen molar-refractivity contribution in [3.63, 3.8) is 0 Å². The Balaban J connectivity index is 2.19. The molecule has 0 aliphatic heterocycles. The first-order valence-corrected chi connectivity index (χ1v) is 15.2. The number of nitrogens with zero attached hydrogens (tertiary/aromatic N) is 1. The van der Waals surface area contributed by atoms with Gasteiger partial charge >= 0.3 is 6.09 Å². The molecule has 0 aliphatic carbocycles. The Morgan fingerprint density at radius 3 is 2.14 bits per heavy atom. The number of hydrogen-bond donors (Lipinski definition) is 8. The van der Waals surface area contributed by atoms with Crippen LogP contribution in [0.25, 0.3) is 0 Å². The van der Waals surface area contributed by atoms with Crippen molar-refractivity contribution < 1.29 is 42.3 Å². The highest BCUT2D eigenvalue weighted by Crippen LogP contribution is 2.15. The second-order valence-electron chi connectivity index (χ2n) is 10.3. The molecule has 10 N–H and O–H groups in total. The van der Waals surface area contributed by atoms with Crippen LogP contribution in [0.2, 0.25) is 0 Å². The quantitative estimate of drug-likeness (QED) is 0.0531. The normalized spacial score (nSPS) is 14.0. The van der Waals surface area contributed by atoms with Gasteiger partial charge < -0.3 is 42.4 Å². The second-order valence-corrected chi connectivity index (χ2v) is 11.8. The van der Waals surface area contributed by atoms with E-state index >= 15 is 0 Å². The van der Waals surface area contributed by atoms with E-state index in [0.717, 1.165) is 5.56 Å². The summed E-state index contributed by atoms with van der Waals surface area (Å²) >= 11 is 0. The Morgan fingerprint density at radius 1 is 0.932 bits per heavy atom. The Morgan fingerprint density at radius 2 is 1.57 bits per heavy atom. The maximum Gasteiger partial charge on any atom is 0.408 e. The molecule has 3 amide bonds. The molecule has 0 aliphatic rings. The fourth-order valence-corrected chi connectivity index (χ4v) is 4.64. The van der Waals surface area contributed by atoms with E-state index < -0.39 is 57.5 Å². The van der Waals surface area contributed by atoms with Gasteiger partial charge in [-0.15, -0.1) is 0 Å². The van der Waals surface area contributed by atoms with Gasteiger partial charge in [0.1, 0.15) is 24.4 Å². The van der Waals surface area contributed by atoms with Crippen LogP contribution in [0, 0.1) is 5.92 Å². The number of alkyl carbamates (subject to hydrolysis) is 1. The number of nitrogens with two attached hydrogens (primary N) is 2. The SMILES string of the molecule is CC(C)[C@H](NC(=O)[C@H](CCCN=C(N)N)NC(=O)OCc1ccccc1)C(=O)NC(Cc1ccc(O)cc1)C(O)S(=O)(=O)O. The van der Waals surface area contributed by atoms with Gasteiger partial charge in [0.15, 0.2) is 5.96 Å². The Labute approximate surface area is 255 Å². The molecule has 4 atom stereocenters. The van der Waals surface area contributed by atoms with Crippen LogP contribution in [-0.2, 0) is 37.5 Å². The predicted molar refractivity (Wildman–Crippen MR) is 162 cm³/mol. The third kappa shape index (κ3) is 12.4. The van der Waals surface area contributed by atoms with E-state index in [1.54, 1.807) is 44.2 Å². The monoisotopic (exact) mass is 636 g/mol. The Kier molecular flexibility index (Phi) is 13.8. The number of ether oxygens (including phenoxy) is 1. The zero-order valence-electron chi connectivity index (χ0n) is 24.4. The molecule has 44 heavy (non-hydrogen) atoms. The molecule has 2 aromatic carbocycles. The van der Waals surface area contributed by atoms with Crippen LogP contribution < -0.4 is 27.4 Å². The summed E-state index contributed by atoms with van der Waals surface area (Å²) in [6.45, 7) is 3.35. The smallest absolute Gasteiger partial charge is 0.408 e. The summed E-state index contributed by atoms with van der Waals surface area (Å²) < 4.78 is 38.2. The fraction of sp³-hybridized carbons (Fsp3) is 0.429. The number of amides is 3. The minimum absolute atomic E-state index is 0.0510. The van der Waals surface area contributed by atoms with Gasteiger partial charge in [0.2, 0.25) is 17.3 Å². The number of hydrogen-bond acceptors (Lipinski definition) is 9. The van der Waals surface area contributed by atoms with E-state index in [1.165, 1.54) is 24.3 Å². The number of nitrogens with one attached hydrogen (secondary N) is 3. The molecule has 0 saturated carbocycles. The van der Waals surface area contributed by atoms with Crippen LogP contribution >= 0.6 is 0 Å². The van der Waals surface area contributed by atoms with E-state index in [-0.39, 0.29) is 44.1 Å². The Hall–Kier alpha value is -4.41. The first-order valence-electron chi connectivity index (χ1n) is 13.7. The average molecular weight is 637 g/mol. The number of aromatic hydroxyl groups is 1. The highest BCUT2D eigenvalue weighted by atomic mass is 32.2. The van der Waals surface area contributed by atoms with Crippen LogP contribution in [0.5, 0.6) is 5.75 Å². The van der Waals surface area contributed by atoms with Crippen molar-refractivity contribution in [2.24, 2.45) is 22.4 Å². The minimum Gasteiger partial charge on any atom is -0.508 e. The number of benzene rings is 2.